The SMILES string of the molecule is CCC1(CNc2nc(C)c(-c3nc4ccccc4s3)c(N[C@@H]3C[C@H](CO)[C@@H](O)[C@H]3O)n2)CC1. The number of aliphatic hydroxyl groups is 3. The van der Waals surface area contributed by atoms with Gasteiger partial charge in [0.1, 0.15) is 16.9 Å². The van der Waals surface area contributed by atoms with E-state index in [1.54, 1.807) is 11.3 Å². The molecule has 0 spiro atoms. The Labute approximate surface area is 197 Å². The van der Waals surface area contributed by atoms with Gasteiger partial charge in [0.25, 0.3) is 0 Å². The van der Waals surface area contributed by atoms with Gasteiger partial charge >= 0.3 is 0 Å². The lowest BCUT2D eigenvalue weighted by Crippen LogP contribution is -2.35. The monoisotopic (exact) mass is 469 g/mol. The lowest BCUT2D eigenvalue weighted by atomic mass is 10.0. The third kappa shape index (κ3) is 4.30. The summed E-state index contributed by atoms with van der Waals surface area (Å²) in [5.74, 6) is 0.759. The van der Waals surface area contributed by atoms with Crippen molar-refractivity contribution in [3.8, 4) is 10.6 Å². The van der Waals surface area contributed by atoms with Crippen molar-refractivity contribution < 1.29 is 15.3 Å². The first-order valence-corrected chi connectivity index (χ1v) is 12.5. The molecule has 2 saturated carbocycles. The van der Waals surface area contributed by atoms with E-state index in [9.17, 15) is 15.3 Å². The molecule has 5 rings (SSSR count). The molecule has 0 amide bonds. The number of fused-ring (bicyclic) bond motifs is 1. The quantitative estimate of drug-likeness (QED) is 0.341. The second-order valence-electron chi connectivity index (χ2n) is 9.46. The first kappa shape index (κ1) is 22.5. The molecule has 33 heavy (non-hydrogen) atoms. The van der Waals surface area contributed by atoms with Crippen LogP contribution in [0.2, 0.25) is 0 Å². The molecule has 0 aliphatic heterocycles. The predicted molar refractivity (Wildman–Crippen MR) is 130 cm³/mol. The van der Waals surface area contributed by atoms with Crippen LogP contribution in [0.5, 0.6) is 0 Å². The molecule has 0 unspecified atom stereocenters. The van der Waals surface area contributed by atoms with Crippen molar-refractivity contribution in [2.24, 2.45) is 11.3 Å². The van der Waals surface area contributed by atoms with Crippen molar-refractivity contribution in [3.63, 3.8) is 0 Å². The Bertz CT molecular complexity index is 1120. The highest BCUT2D eigenvalue weighted by Crippen LogP contribution is 2.48. The van der Waals surface area contributed by atoms with E-state index in [2.05, 4.69) is 17.6 Å². The minimum atomic E-state index is -0.994. The standard InChI is InChI=1S/C24H31N5O3S/c1-3-24(8-9-24)12-25-23-26-13(2)18(22-28-15-6-4-5-7-17(15)33-22)21(29-23)27-16-10-14(11-30)19(31)20(16)32/h4-7,14,16,19-20,30-32H,3,8-12H2,1-2H3,(H2,25,26,27,29)/t14-,16-,19-,20+/m1/s1. The Balaban J connectivity index is 1.51. The van der Waals surface area contributed by atoms with Crippen LogP contribution in [-0.4, -0.2) is 61.7 Å². The molecule has 2 aliphatic carbocycles. The molecule has 2 heterocycles. The second-order valence-corrected chi connectivity index (χ2v) is 10.5. The van der Waals surface area contributed by atoms with Crippen LogP contribution in [0.25, 0.3) is 20.8 Å². The average molecular weight is 470 g/mol. The van der Waals surface area contributed by atoms with Crippen molar-refractivity contribution in [1.29, 1.82) is 0 Å². The molecule has 0 radical (unpaired) electrons. The third-order valence-electron chi connectivity index (χ3n) is 7.28. The average Bonchev–Trinajstić information content (AvgIpc) is 3.40. The summed E-state index contributed by atoms with van der Waals surface area (Å²) >= 11 is 1.58. The van der Waals surface area contributed by atoms with Crippen LogP contribution in [0.3, 0.4) is 0 Å². The lowest BCUT2D eigenvalue weighted by molar-refractivity contribution is 0.00446. The summed E-state index contributed by atoms with van der Waals surface area (Å²) in [6.45, 7) is 4.83. The summed E-state index contributed by atoms with van der Waals surface area (Å²) in [4.78, 5) is 14.3. The summed E-state index contributed by atoms with van der Waals surface area (Å²) < 4.78 is 1.08. The van der Waals surface area contributed by atoms with Crippen LogP contribution in [0.15, 0.2) is 24.3 Å². The molecule has 176 valence electrons. The van der Waals surface area contributed by atoms with E-state index < -0.39 is 18.2 Å². The molecule has 3 aromatic rings. The Morgan fingerprint density at radius 3 is 2.58 bits per heavy atom. The number of aryl methyl sites for hydroxylation is 1. The number of benzene rings is 1. The van der Waals surface area contributed by atoms with E-state index in [1.807, 2.05) is 31.2 Å². The molecule has 2 fully saturated rings. The molecule has 1 aromatic carbocycles. The van der Waals surface area contributed by atoms with Gasteiger partial charge in [-0.2, -0.15) is 4.98 Å². The summed E-state index contributed by atoms with van der Waals surface area (Å²) in [5.41, 5.74) is 2.85. The fourth-order valence-electron chi connectivity index (χ4n) is 4.71. The van der Waals surface area contributed by atoms with Gasteiger partial charge in [-0.3, -0.25) is 0 Å². The zero-order valence-corrected chi connectivity index (χ0v) is 19.8. The Morgan fingerprint density at radius 2 is 1.91 bits per heavy atom. The molecule has 8 nitrogen and oxygen atoms in total. The maximum atomic E-state index is 10.6. The van der Waals surface area contributed by atoms with Crippen LogP contribution in [0.4, 0.5) is 11.8 Å². The zero-order chi connectivity index (χ0) is 23.2. The number of hydrogen-bond donors (Lipinski definition) is 5. The van der Waals surface area contributed by atoms with Gasteiger partial charge in [0.2, 0.25) is 5.95 Å². The largest absolute Gasteiger partial charge is 0.396 e. The first-order chi connectivity index (χ1) is 15.9. The van der Waals surface area contributed by atoms with Gasteiger partial charge in [-0.05, 0) is 50.2 Å². The summed E-state index contributed by atoms with van der Waals surface area (Å²) in [6.07, 6.45) is 2.05. The van der Waals surface area contributed by atoms with E-state index in [4.69, 9.17) is 15.0 Å². The lowest BCUT2D eigenvalue weighted by Gasteiger charge is -2.22. The van der Waals surface area contributed by atoms with E-state index >= 15 is 0 Å². The fourth-order valence-corrected chi connectivity index (χ4v) is 5.78. The van der Waals surface area contributed by atoms with Crippen molar-refractivity contribution in [1.82, 2.24) is 15.0 Å². The number of aromatic nitrogens is 3. The summed E-state index contributed by atoms with van der Waals surface area (Å²) in [6, 6.07) is 7.55. The smallest absolute Gasteiger partial charge is 0.224 e. The van der Waals surface area contributed by atoms with Crippen molar-refractivity contribution in [3.05, 3.63) is 30.0 Å². The Morgan fingerprint density at radius 1 is 1.12 bits per heavy atom. The highest BCUT2D eigenvalue weighted by Gasteiger charge is 2.42. The van der Waals surface area contributed by atoms with Gasteiger partial charge in [0.05, 0.1) is 33.6 Å². The normalized spacial score (nSPS) is 26.0. The minimum Gasteiger partial charge on any atom is -0.396 e. The molecular weight excluding hydrogens is 438 g/mol. The van der Waals surface area contributed by atoms with Crippen LogP contribution in [-0.2, 0) is 0 Å². The fraction of sp³-hybridized carbons (Fsp3) is 0.542. The molecule has 0 saturated heterocycles. The highest BCUT2D eigenvalue weighted by atomic mass is 32.1. The zero-order valence-electron chi connectivity index (χ0n) is 19.0. The minimum absolute atomic E-state index is 0.171. The number of aliphatic hydroxyl groups excluding tert-OH is 3. The first-order valence-electron chi connectivity index (χ1n) is 11.6. The molecule has 2 aliphatic rings. The van der Waals surface area contributed by atoms with Crippen LogP contribution in [0, 0.1) is 18.3 Å². The maximum Gasteiger partial charge on any atom is 0.224 e. The molecule has 9 heteroatoms. The molecule has 2 aromatic heterocycles. The third-order valence-corrected chi connectivity index (χ3v) is 8.34. The molecule has 5 N–H and O–H groups in total. The number of nitrogens with one attached hydrogen (secondary N) is 2. The van der Waals surface area contributed by atoms with E-state index in [0.717, 1.165) is 39.4 Å². The summed E-state index contributed by atoms with van der Waals surface area (Å²) in [7, 11) is 0. The number of rotatable bonds is 8. The van der Waals surface area contributed by atoms with E-state index in [0.29, 0.717) is 23.6 Å². The molecular formula is C24H31N5O3S. The van der Waals surface area contributed by atoms with Crippen molar-refractivity contribution in [2.45, 2.75) is 57.8 Å². The number of thiazole rings is 1. The summed E-state index contributed by atoms with van der Waals surface area (Å²) in [5, 5.41) is 38.0. The Hall–Kier alpha value is -2.33. The van der Waals surface area contributed by atoms with Gasteiger partial charge in [-0.25, -0.2) is 9.97 Å². The number of nitrogens with zero attached hydrogens (tertiary/aromatic N) is 3. The van der Waals surface area contributed by atoms with Gasteiger partial charge in [-0.1, -0.05) is 19.1 Å². The number of para-hydroxylation sites is 1. The molecule has 4 atom stereocenters. The van der Waals surface area contributed by atoms with Crippen LogP contribution < -0.4 is 10.6 Å². The van der Waals surface area contributed by atoms with Gasteiger partial charge in [0, 0.05) is 19.1 Å². The second kappa shape index (κ2) is 8.79. The van der Waals surface area contributed by atoms with E-state index in [1.165, 1.54) is 12.8 Å². The van der Waals surface area contributed by atoms with Crippen LogP contribution >= 0.6 is 11.3 Å². The molecule has 0 bridgehead atoms. The van der Waals surface area contributed by atoms with Gasteiger partial charge in [-0.15, -0.1) is 11.3 Å². The van der Waals surface area contributed by atoms with Crippen LogP contribution in [0.1, 0.15) is 38.3 Å². The maximum absolute atomic E-state index is 10.6. The Kier molecular flexibility index (Phi) is 5.98. The highest BCUT2D eigenvalue weighted by molar-refractivity contribution is 7.21. The predicted octanol–water partition coefficient (Wildman–Crippen LogP) is 3.18. The van der Waals surface area contributed by atoms with Crippen molar-refractivity contribution in [2.75, 3.05) is 23.8 Å². The number of anilines is 2. The van der Waals surface area contributed by atoms with Gasteiger partial charge in [0.15, 0.2) is 0 Å². The van der Waals surface area contributed by atoms with Crippen molar-refractivity contribution >= 4 is 33.3 Å². The van der Waals surface area contributed by atoms with Gasteiger partial charge < -0.3 is 26.0 Å². The number of hydrogen-bond acceptors (Lipinski definition) is 9. The van der Waals surface area contributed by atoms with E-state index in [-0.39, 0.29) is 12.5 Å². The topological polar surface area (TPSA) is 123 Å².